The van der Waals surface area contributed by atoms with Crippen LogP contribution < -0.4 is 11.1 Å². The number of nitrogens with two attached hydrogens (primary N) is 1. The number of benzene rings is 1. The van der Waals surface area contributed by atoms with E-state index in [-0.39, 0.29) is 6.10 Å². The minimum Gasteiger partial charge on any atom is -0.380 e. The predicted octanol–water partition coefficient (Wildman–Crippen LogP) is 2.52. The molecule has 0 saturated heterocycles. The van der Waals surface area contributed by atoms with Crippen LogP contribution in [-0.2, 0) is 4.74 Å². The maximum atomic E-state index is 5.55. The van der Waals surface area contributed by atoms with Crippen molar-refractivity contribution in [1.29, 1.82) is 0 Å². The van der Waals surface area contributed by atoms with Gasteiger partial charge in [-0.3, -0.25) is 0 Å². The van der Waals surface area contributed by atoms with Gasteiger partial charge in [0.15, 0.2) is 0 Å². The summed E-state index contributed by atoms with van der Waals surface area (Å²) in [5.41, 5.74) is 6.99. The first-order valence-electron chi connectivity index (χ1n) is 7.30. The first-order chi connectivity index (χ1) is 9.31. The second-order valence-corrected chi connectivity index (χ2v) is 4.94. The summed E-state index contributed by atoms with van der Waals surface area (Å²) >= 11 is 0. The second-order valence-electron chi connectivity index (χ2n) is 4.94. The molecule has 19 heavy (non-hydrogen) atoms. The number of hydrogen-bond donors (Lipinski definition) is 2. The normalized spacial score (nSPS) is 14.3. The summed E-state index contributed by atoms with van der Waals surface area (Å²) in [6.45, 7) is 4.85. The molecule has 0 amide bonds. The third-order valence-corrected chi connectivity index (χ3v) is 3.63. The predicted molar refractivity (Wildman–Crippen MR) is 81.4 cm³/mol. The van der Waals surface area contributed by atoms with Gasteiger partial charge in [0.1, 0.15) is 0 Å². The van der Waals surface area contributed by atoms with Gasteiger partial charge in [0.25, 0.3) is 0 Å². The number of hydrogen-bond acceptors (Lipinski definition) is 3. The first-order valence-corrected chi connectivity index (χ1v) is 7.30. The Morgan fingerprint density at radius 2 is 1.95 bits per heavy atom. The third kappa shape index (κ3) is 6.19. The lowest BCUT2D eigenvalue weighted by Gasteiger charge is -2.18. The molecule has 0 fully saturated rings. The van der Waals surface area contributed by atoms with Gasteiger partial charge < -0.3 is 15.8 Å². The number of ether oxygens (including phenoxy) is 1. The van der Waals surface area contributed by atoms with E-state index in [1.165, 1.54) is 18.4 Å². The summed E-state index contributed by atoms with van der Waals surface area (Å²) < 4.78 is 5.37. The minimum absolute atomic E-state index is 0.238. The highest BCUT2D eigenvalue weighted by Gasteiger charge is 2.09. The zero-order valence-corrected chi connectivity index (χ0v) is 12.3. The van der Waals surface area contributed by atoms with Gasteiger partial charge in [-0.25, -0.2) is 0 Å². The van der Waals surface area contributed by atoms with Crippen LogP contribution in [0.25, 0.3) is 0 Å². The van der Waals surface area contributed by atoms with Crippen molar-refractivity contribution < 1.29 is 4.74 Å². The molecule has 0 bridgehead atoms. The molecular weight excluding hydrogens is 236 g/mol. The van der Waals surface area contributed by atoms with Crippen molar-refractivity contribution in [3.63, 3.8) is 0 Å². The van der Waals surface area contributed by atoms with E-state index in [0.717, 1.165) is 19.5 Å². The molecule has 0 aliphatic rings. The van der Waals surface area contributed by atoms with E-state index >= 15 is 0 Å². The Morgan fingerprint density at radius 1 is 1.21 bits per heavy atom. The summed E-state index contributed by atoms with van der Waals surface area (Å²) in [6.07, 6.45) is 3.50. The molecule has 0 aliphatic heterocycles. The van der Waals surface area contributed by atoms with Gasteiger partial charge in [0, 0.05) is 13.7 Å². The van der Waals surface area contributed by atoms with Crippen molar-refractivity contribution in [2.24, 2.45) is 5.73 Å². The van der Waals surface area contributed by atoms with Crippen molar-refractivity contribution in [2.45, 2.75) is 38.2 Å². The van der Waals surface area contributed by atoms with Gasteiger partial charge in [0.05, 0.1) is 6.10 Å². The van der Waals surface area contributed by atoms with Crippen LogP contribution in [0.15, 0.2) is 30.3 Å². The smallest absolute Gasteiger partial charge is 0.0707 e. The van der Waals surface area contributed by atoms with Crippen LogP contribution in [0.5, 0.6) is 0 Å². The Bertz CT molecular complexity index is 316. The number of rotatable bonds is 10. The lowest BCUT2D eigenvalue weighted by Crippen LogP contribution is -2.31. The van der Waals surface area contributed by atoms with E-state index in [4.69, 9.17) is 10.5 Å². The molecule has 2 atom stereocenters. The Hall–Kier alpha value is -0.900. The lowest BCUT2D eigenvalue weighted by atomic mass is 9.93. The van der Waals surface area contributed by atoms with Gasteiger partial charge in [-0.2, -0.15) is 0 Å². The highest BCUT2D eigenvalue weighted by molar-refractivity contribution is 5.19. The summed E-state index contributed by atoms with van der Waals surface area (Å²) in [4.78, 5) is 0. The molecular formula is C16H28N2O. The third-order valence-electron chi connectivity index (χ3n) is 3.63. The van der Waals surface area contributed by atoms with Crippen molar-refractivity contribution in [3.8, 4) is 0 Å². The van der Waals surface area contributed by atoms with E-state index in [0.29, 0.717) is 12.5 Å². The van der Waals surface area contributed by atoms with E-state index in [2.05, 4.69) is 42.6 Å². The molecule has 2 unspecified atom stereocenters. The Balaban J connectivity index is 2.27. The summed E-state index contributed by atoms with van der Waals surface area (Å²) in [5.74, 6) is 0.643. The fourth-order valence-corrected chi connectivity index (χ4v) is 2.36. The van der Waals surface area contributed by atoms with Crippen LogP contribution in [0.3, 0.4) is 0 Å². The van der Waals surface area contributed by atoms with Crippen LogP contribution in [0.1, 0.15) is 37.7 Å². The van der Waals surface area contributed by atoms with E-state index in [1.54, 1.807) is 7.11 Å². The molecule has 0 heterocycles. The highest BCUT2D eigenvalue weighted by Crippen LogP contribution is 2.22. The summed E-state index contributed by atoms with van der Waals surface area (Å²) in [7, 11) is 1.75. The fraction of sp³-hybridized carbons (Fsp3) is 0.625. The number of nitrogens with one attached hydrogen (secondary N) is 1. The molecule has 108 valence electrons. The van der Waals surface area contributed by atoms with Crippen LogP contribution in [0.4, 0.5) is 0 Å². The van der Waals surface area contributed by atoms with E-state index in [9.17, 15) is 0 Å². The minimum atomic E-state index is 0.238. The van der Waals surface area contributed by atoms with Gasteiger partial charge in [0.2, 0.25) is 0 Å². The average Bonchev–Trinajstić information content (AvgIpc) is 2.47. The molecule has 1 rings (SSSR count). The molecule has 3 N–H and O–H groups in total. The zero-order chi connectivity index (χ0) is 13.9. The first kappa shape index (κ1) is 16.2. The maximum absolute atomic E-state index is 5.55. The number of methoxy groups -OCH3 is 1. The summed E-state index contributed by atoms with van der Waals surface area (Å²) in [5, 5.41) is 3.48. The standard InChI is InChI=1S/C16H28N2O/c1-3-14(15-7-5-4-6-8-15)10-12-18-13-16(19-2)9-11-17/h4-8,14,16,18H,3,9-13,17H2,1-2H3. The van der Waals surface area contributed by atoms with Crippen LogP contribution >= 0.6 is 0 Å². The maximum Gasteiger partial charge on any atom is 0.0707 e. The molecule has 1 aromatic rings. The second kappa shape index (κ2) is 9.96. The molecule has 0 radical (unpaired) electrons. The molecule has 3 heteroatoms. The quantitative estimate of drug-likeness (QED) is 0.638. The molecule has 1 aromatic carbocycles. The average molecular weight is 264 g/mol. The molecule has 0 saturated carbocycles. The van der Waals surface area contributed by atoms with E-state index < -0.39 is 0 Å². The molecule has 0 spiro atoms. The molecule has 0 aromatic heterocycles. The lowest BCUT2D eigenvalue weighted by molar-refractivity contribution is 0.0964. The topological polar surface area (TPSA) is 47.3 Å². The van der Waals surface area contributed by atoms with Gasteiger partial charge >= 0.3 is 0 Å². The Kier molecular flexibility index (Phi) is 8.47. The van der Waals surface area contributed by atoms with Crippen LogP contribution in [0.2, 0.25) is 0 Å². The fourth-order valence-electron chi connectivity index (χ4n) is 2.36. The highest BCUT2D eigenvalue weighted by atomic mass is 16.5. The monoisotopic (exact) mass is 264 g/mol. The van der Waals surface area contributed by atoms with Crippen LogP contribution in [-0.4, -0.2) is 32.8 Å². The van der Waals surface area contributed by atoms with Crippen molar-refractivity contribution in [3.05, 3.63) is 35.9 Å². The van der Waals surface area contributed by atoms with Gasteiger partial charge in [-0.15, -0.1) is 0 Å². The van der Waals surface area contributed by atoms with E-state index in [1.807, 2.05) is 0 Å². The van der Waals surface area contributed by atoms with Gasteiger partial charge in [-0.05, 0) is 43.8 Å². The SMILES string of the molecule is CCC(CCNCC(CCN)OC)c1ccccc1. The largest absolute Gasteiger partial charge is 0.380 e. The van der Waals surface area contributed by atoms with Crippen molar-refractivity contribution >= 4 is 0 Å². The molecule has 3 nitrogen and oxygen atoms in total. The van der Waals surface area contributed by atoms with Crippen LogP contribution in [0, 0.1) is 0 Å². The van der Waals surface area contributed by atoms with Crippen molar-refractivity contribution in [1.82, 2.24) is 5.32 Å². The Labute approximate surface area is 117 Å². The zero-order valence-electron chi connectivity index (χ0n) is 12.3. The van der Waals surface area contributed by atoms with Crippen molar-refractivity contribution in [2.75, 3.05) is 26.7 Å². The molecule has 0 aliphatic carbocycles. The summed E-state index contributed by atoms with van der Waals surface area (Å²) in [6, 6.07) is 10.8. The van der Waals surface area contributed by atoms with Gasteiger partial charge in [-0.1, -0.05) is 37.3 Å². The Morgan fingerprint density at radius 3 is 2.53 bits per heavy atom.